The van der Waals surface area contributed by atoms with Gasteiger partial charge in [0.25, 0.3) is 5.56 Å². The van der Waals surface area contributed by atoms with Crippen LogP contribution in [0.2, 0.25) is 0 Å². The number of terminal acetylenes is 1. The van der Waals surface area contributed by atoms with Gasteiger partial charge in [0.2, 0.25) is 0 Å². The predicted molar refractivity (Wildman–Crippen MR) is 121 cm³/mol. The van der Waals surface area contributed by atoms with E-state index in [9.17, 15) is 23.7 Å². The fourth-order valence-corrected chi connectivity index (χ4v) is 3.16. The van der Waals surface area contributed by atoms with Crippen LogP contribution in [0.4, 0.5) is 9.59 Å². The van der Waals surface area contributed by atoms with Gasteiger partial charge >= 0.3 is 32.7 Å². The van der Waals surface area contributed by atoms with E-state index < -0.39 is 68.9 Å². The molecule has 196 valence electrons. The van der Waals surface area contributed by atoms with Crippen LogP contribution in [0.15, 0.2) is 27.9 Å². The van der Waals surface area contributed by atoms with E-state index in [1.165, 1.54) is 25.3 Å². The van der Waals surface area contributed by atoms with Gasteiger partial charge in [-0.2, -0.15) is 0 Å². The number of rotatable bonds is 10. The van der Waals surface area contributed by atoms with E-state index in [1.807, 2.05) is 0 Å². The van der Waals surface area contributed by atoms with Crippen LogP contribution in [0.3, 0.4) is 0 Å². The first-order chi connectivity index (χ1) is 16.8. The predicted octanol–water partition coefficient (Wildman–Crippen LogP) is 2.40. The summed E-state index contributed by atoms with van der Waals surface area (Å²) in [5, 5.41) is 0. The minimum absolute atomic E-state index is 0.260. The average Bonchev–Trinajstić information content (AvgIpc) is 3.18. The number of ether oxygens (including phenoxy) is 5. The Balaban J connectivity index is 2.04. The molecule has 0 spiro atoms. The summed E-state index contributed by atoms with van der Waals surface area (Å²) in [6.45, 7) is 4.99. The van der Waals surface area contributed by atoms with E-state index in [0.717, 1.165) is 4.57 Å². The topological polar surface area (TPSA) is 171 Å². The lowest BCUT2D eigenvalue weighted by atomic mass is 10.1. The number of aromatic nitrogens is 2. The summed E-state index contributed by atoms with van der Waals surface area (Å²) >= 11 is 0. The second-order valence-electron chi connectivity index (χ2n) is 7.84. The molecule has 1 aliphatic rings. The van der Waals surface area contributed by atoms with Crippen LogP contribution in [0, 0.1) is 19.3 Å². The van der Waals surface area contributed by atoms with Crippen LogP contribution < -0.4 is 11.2 Å². The Kier molecular flexibility index (Phi) is 9.94. The van der Waals surface area contributed by atoms with E-state index >= 15 is 0 Å². The summed E-state index contributed by atoms with van der Waals surface area (Å²) in [5.74, 6) is 2.32. The quantitative estimate of drug-likeness (QED) is 0.155. The lowest BCUT2D eigenvalue weighted by Crippen LogP contribution is -2.37. The van der Waals surface area contributed by atoms with Gasteiger partial charge in [-0.25, -0.2) is 14.4 Å². The van der Waals surface area contributed by atoms with Crippen molar-refractivity contribution in [1.29, 1.82) is 0 Å². The standard InChI is InChI=1S/C21H25N2O12P/c1-7-21(9-8-15(34-21)23-10-14(6)16(24)22-17(23)25)11-29-36(28)35-20(32-18(26)30-12(2)3)33-19(27)31-13(4)5/h1,8-10,12-13,15,20H,11H2,2-6H3/p+1/t15-,21+/m1/s1. The van der Waals surface area contributed by atoms with Gasteiger partial charge in [-0.3, -0.25) is 14.3 Å². The first-order valence-corrected chi connectivity index (χ1v) is 11.6. The first-order valence-electron chi connectivity index (χ1n) is 10.5. The Bertz CT molecular complexity index is 1140. The minimum Gasteiger partial charge on any atom is -0.431 e. The monoisotopic (exact) mass is 529 g/mol. The van der Waals surface area contributed by atoms with Gasteiger partial charge in [-0.15, -0.1) is 10.9 Å². The van der Waals surface area contributed by atoms with Gasteiger partial charge in [0.15, 0.2) is 11.8 Å². The third-order valence-corrected chi connectivity index (χ3v) is 4.81. The Morgan fingerprint density at radius 2 is 1.75 bits per heavy atom. The number of nitrogens with one attached hydrogen (secondary N) is 1. The van der Waals surface area contributed by atoms with Crippen LogP contribution >= 0.6 is 8.25 Å². The Morgan fingerprint density at radius 3 is 2.28 bits per heavy atom. The van der Waals surface area contributed by atoms with Crippen LogP contribution in [0.1, 0.15) is 39.5 Å². The third kappa shape index (κ3) is 8.31. The number of aromatic amines is 1. The molecule has 36 heavy (non-hydrogen) atoms. The normalized spacial score (nSPS) is 19.3. The van der Waals surface area contributed by atoms with E-state index in [0.29, 0.717) is 0 Å². The van der Waals surface area contributed by atoms with E-state index in [-0.39, 0.29) is 5.56 Å². The van der Waals surface area contributed by atoms with Crippen LogP contribution in [-0.2, 0) is 37.3 Å². The largest absolute Gasteiger partial charge is 0.704 e. The molecule has 14 nitrogen and oxygen atoms in total. The molecular formula is C21H26N2O12P+. The maximum Gasteiger partial charge on any atom is 0.704 e. The zero-order chi connectivity index (χ0) is 27.0. The fourth-order valence-electron chi connectivity index (χ4n) is 2.58. The van der Waals surface area contributed by atoms with Gasteiger partial charge in [0.1, 0.15) is 6.61 Å². The molecule has 1 N–H and O–H groups in total. The highest BCUT2D eigenvalue weighted by Gasteiger charge is 2.42. The van der Waals surface area contributed by atoms with Crippen LogP contribution in [-0.4, -0.2) is 52.8 Å². The van der Waals surface area contributed by atoms with E-state index in [1.54, 1.807) is 27.7 Å². The number of H-pyrrole nitrogens is 1. The molecule has 0 saturated carbocycles. The summed E-state index contributed by atoms with van der Waals surface area (Å²) < 4.78 is 48.0. The van der Waals surface area contributed by atoms with Gasteiger partial charge in [0.05, 0.1) is 12.2 Å². The van der Waals surface area contributed by atoms with E-state index in [4.69, 9.17) is 39.2 Å². The van der Waals surface area contributed by atoms with Gasteiger partial charge in [-0.05, 0) is 51.3 Å². The van der Waals surface area contributed by atoms with E-state index in [2.05, 4.69) is 10.9 Å². The maximum atomic E-state index is 12.4. The number of carbonyl (C=O) groups is 2. The lowest BCUT2D eigenvalue weighted by molar-refractivity contribution is -0.207. The van der Waals surface area contributed by atoms with Crippen LogP contribution in [0.5, 0.6) is 0 Å². The third-order valence-electron chi connectivity index (χ3n) is 4.13. The SMILES string of the molecule is C#C[C@@]1(CO[P+](=O)OC(OC(=O)OC(C)C)OC(=O)OC(C)C)C=C[C@H](n2cc(C)c(=O)[nH]c2=O)O1. The van der Waals surface area contributed by atoms with Crippen molar-refractivity contribution in [2.24, 2.45) is 0 Å². The molecule has 15 heteroatoms. The Labute approximate surface area is 206 Å². The fraction of sp³-hybridized carbons (Fsp3) is 0.524. The molecule has 1 aliphatic heterocycles. The summed E-state index contributed by atoms with van der Waals surface area (Å²) in [6, 6.07) is 0. The number of hydrogen-bond acceptors (Lipinski definition) is 12. The van der Waals surface area contributed by atoms with Crippen molar-refractivity contribution in [2.75, 3.05) is 6.61 Å². The molecular weight excluding hydrogens is 503 g/mol. The van der Waals surface area contributed by atoms with Crippen molar-refractivity contribution in [1.82, 2.24) is 9.55 Å². The molecule has 3 atom stereocenters. The molecule has 0 fully saturated rings. The number of nitrogens with zero attached hydrogens (tertiary/aromatic N) is 1. The maximum absolute atomic E-state index is 12.4. The molecule has 0 amide bonds. The zero-order valence-electron chi connectivity index (χ0n) is 20.1. The Morgan fingerprint density at radius 1 is 1.17 bits per heavy atom. The molecule has 0 saturated heterocycles. The molecule has 1 unspecified atom stereocenters. The smallest absolute Gasteiger partial charge is 0.431 e. The second-order valence-corrected chi connectivity index (χ2v) is 8.76. The molecule has 0 aromatic carbocycles. The summed E-state index contributed by atoms with van der Waals surface area (Å²) in [4.78, 5) is 49.4. The van der Waals surface area contributed by atoms with Crippen molar-refractivity contribution >= 4 is 20.6 Å². The van der Waals surface area contributed by atoms with Gasteiger partial charge in [-0.1, -0.05) is 5.92 Å². The first kappa shape index (κ1) is 28.7. The molecule has 2 rings (SSSR count). The van der Waals surface area contributed by atoms with Crippen molar-refractivity contribution in [2.45, 2.75) is 65.1 Å². The average molecular weight is 529 g/mol. The molecule has 1 aromatic heterocycles. The second kappa shape index (κ2) is 12.5. The highest BCUT2D eigenvalue weighted by atomic mass is 31.1. The minimum atomic E-state index is -3.10. The number of aryl methyl sites for hydroxylation is 1. The molecule has 0 radical (unpaired) electrons. The molecule has 2 heterocycles. The summed E-state index contributed by atoms with van der Waals surface area (Å²) in [6.07, 6.45) is 4.98. The van der Waals surface area contributed by atoms with Crippen molar-refractivity contribution in [3.8, 4) is 12.3 Å². The zero-order valence-corrected chi connectivity index (χ0v) is 21.0. The summed E-state index contributed by atoms with van der Waals surface area (Å²) in [5.41, 5.74) is -2.60. The number of hydrogen-bond donors (Lipinski definition) is 1. The Hall–Kier alpha value is -3.50. The lowest BCUT2D eigenvalue weighted by Gasteiger charge is -2.22. The number of carbonyl (C=O) groups excluding carboxylic acids is 2. The van der Waals surface area contributed by atoms with Crippen molar-refractivity contribution < 1.29 is 46.9 Å². The van der Waals surface area contributed by atoms with Gasteiger partial charge < -0.3 is 23.7 Å². The van der Waals surface area contributed by atoms with Crippen molar-refractivity contribution in [3.63, 3.8) is 0 Å². The molecule has 0 aliphatic carbocycles. The van der Waals surface area contributed by atoms with Gasteiger partial charge in [0, 0.05) is 16.3 Å². The molecule has 1 aromatic rings. The highest BCUT2D eigenvalue weighted by molar-refractivity contribution is 7.33. The highest BCUT2D eigenvalue weighted by Crippen LogP contribution is 2.34. The summed E-state index contributed by atoms with van der Waals surface area (Å²) in [7, 11) is -3.10. The molecule has 0 bridgehead atoms. The van der Waals surface area contributed by atoms with Crippen molar-refractivity contribution in [3.05, 3.63) is 44.8 Å². The van der Waals surface area contributed by atoms with Crippen LogP contribution in [0.25, 0.3) is 0 Å².